The van der Waals surface area contributed by atoms with E-state index in [2.05, 4.69) is 42.7 Å². The summed E-state index contributed by atoms with van der Waals surface area (Å²) < 4.78 is 0. The molecule has 5 rings (SSSR count). The molecule has 7 N–H and O–H groups in total. The van der Waals surface area contributed by atoms with Crippen molar-refractivity contribution in [3.63, 3.8) is 0 Å². The van der Waals surface area contributed by atoms with Gasteiger partial charge in [-0.3, -0.25) is 9.59 Å². The minimum Gasteiger partial charge on any atom is -0.369 e. The van der Waals surface area contributed by atoms with E-state index >= 15 is 0 Å². The zero-order valence-electron chi connectivity index (χ0n) is 15.9. The van der Waals surface area contributed by atoms with Gasteiger partial charge < -0.3 is 27.1 Å². The van der Waals surface area contributed by atoms with Crippen molar-refractivity contribution < 1.29 is 9.59 Å². The summed E-state index contributed by atoms with van der Waals surface area (Å²) in [6.07, 6.45) is 6.54. The average Bonchev–Trinajstić information content (AvgIpc) is 3.44. The molecule has 0 saturated heterocycles. The first-order chi connectivity index (χ1) is 14.5. The third-order valence-corrected chi connectivity index (χ3v) is 5.79. The van der Waals surface area contributed by atoms with E-state index in [1.165, 1.54) is 6.33 Å². The second-order valence-corrected chi connectivity index (χ2v) is 7.62. The Balaban J connectivity index is 1.47. The predicted molar refractivity (Wildman–Crippen MR) is 110 cm³/mol. The molecule has 152 valence electrons. The molecule has 4 aliphatic rings. The standard InChI is InChI=1S/C20H20N8O2/c21-16(29)11-2-1-3-12(7-11)25-20-27-18-15(23-8-24-18)19(28-20)26-14-10-5-4-9(6-10)13(14)17(22)30/h1-5,7-10,13-14H,6H2,(H2,21,29)(H2,22,30)(H3,23,24,25,26,27,28). The molecule has 2 amide bonds. The first kappa shape index (κ1) is 18.1. The summed E-state index contributed by atoms with van der Waals surface area (Å²) in [5, 5.41) is 6.55. The molecule has 1 saturated carbocycles. The van der Waals surface area contributed by atoms with Crippen LogP contribution in [0.25, 0.3) is 11.5 Å². The second kappa shape index (κ2) is 6.83. The van der Waals surface area contributed by atoms with Gasteiger partial charge in [-0.05, 0) is 36.5 Å². The van der Waals surface area contributed by atoms with Crippen LogP contribution in [0, 0.1) is 17.8 Å². The maximum Gasteiger partial charge on any atom is 0.248 e. The molecular formula is C20H20N8O2. The number of amides is 2. The molecular weight excluding hydrogens is 384 g/mol. The monoisotopic (exact) mass is 404 g/mol. The first-order valence-corrected chi connectivity index (χ1v) is 9.61. The van der Waals surface area contributed by atoms with Crippen LogP contribution in [0.4, 0.5) is 17.5 Å². The van der Waals surface area contributed by atoms with Gasteiger partial charge in [0, 0.05) is 17.3 Å². The SMILES string of the molecule is NC(=O)c1cccc(Nc2nc3ncnc-3c(NC3C4C=CC(C4)C3C(N)=O)[nH]2)c1. The number of allylic oxidation sites excluding steroid dienone is 1. The summed E-state index contributed by atoms with van der Waals surface area (Å²) >= 11 is 0. The summed E-state index contributed by atoms with van der Waals surface area (Å²) in [5.41, 5.74) is 12.6. The van der Waals surface area contributed by atoms with Gasteiger partial charge in [-0.15, -0.1) is 0 Å². The number of primary amides is 2. The lowest BCUT2D eigenvalue weighted by Gasteiger charge is -2.28. The van der Waals surface area contributed by atoms with Crippen molar-refractivity contribution in [2.45, 2.75) is 12.5 Å². The van der Waals surface area contributed by atoms with E-state index in [1.54, 1.807) is 24.3 Å². The van der Waals surface area contributed by atoms with Crippen LogP contribution in [-0.4, -0.2) is 37.8 Å². The van der Waals surface area contributed by atoms with Gasteiger partial charge in [-0.1, -0.05) is 18.2 Å². The Morgan fingerprint density at radius 3 is 2.77 bits per heavy atom. The molecule has 2 heterocycles. The van der Waals surface area contributed by atoms with Gasteiger partial charge in [-0.25, -0.2) is 9.97 Å². The third kappa shape index (κ3) is 3.02. The topological polar surface area (TPSA) is 165 Å². The van der Waals surface area contributed by atoms with Crippen LogP contribution in [0.1, 0.15) is 16.8 Å². The highest BCUT2D eigenvalue weighted by Gasteiger charge is 2.47. The Morgan fingerprint density at radius 1 is 1.13 bits per heavy atom. The number of imidazole rings is 1. The van der Waals surface area contributed by atoms with E-state index in [0.717, 1.165) is 6.42 Å². The summed E-state index contributed by atoms with van der Waals surface area (Å²) in [7, 11) is 0. The summed E-state index contributed by atoms with van der Waals surface area (Å²) in [5.74, 6) is 0.701. The molecule has 1 aromatic carbocycles. The van der Waals surface area contributed by atoms with Crippen LogP contribution in [0.2, 0.25) is 0 Å². The molecule has 2 bridgehead atoms. The molecule has 2 aliphatic carbocycles. The summed E-state index contributed by atoms with van der Waals surface area (Å²) in [6.45, 7) is 0. The molecule has 4 unspecified atom stereocenters. The number of carbonyl (C=O) groups is 2. The molecule has 2 aliphatic heterocycles. The molecule has 4 atom stereocenters. The Morgan fingerprint density at radius 2 is 1.97 bits per heavy atom. The van der Waals surface area contributed by atoms with Gasteiger partial charge in [0.15, 0.2) is 5.82 Å². The summed E-state index contributed by atoms with van der Waals surface area (Å²) in [4.78, 5) is 39.6. The minimum atomic E-state index is -0.517. The molecule has 1 fully saturated rings. The Hall–Kier alpha value is -3.95. The van der Waals surface area contributed by atoms with E-state index < -0.39 is 5.91 Å². The molecule has 0 spiro atoms. The Bertz CT molecular complexity index is 1140. The number of rotatable bonds is 6. The largest absolute Gasteiger partial charge is 0.369 e. The van der Waals surface area contributed by atoms with Gasteiger partial charge in [0.05, 0.1) is 5.92 Å². The fourth-order valence-electron chi connectivity index (χ4n) is 4.45. The van der Waals surface area contributed by atoms with Crippen LogP contribution in [0.5, 0.6) is 0 Å². The molecule has 1 aromatic rings. The van der Waals surface area contributed by atoms with Crippen LogP contribution >= 0.6 is 0 Å². The third-order valence-electron chi connectivity index (χ3n) is 5.79. The molecule has 30 heavy (non-hydrogen) atoms. The lowest BCUT2D eigenvalue weighted by molar-refractivity contribution is -0.122. The fraction of sp³-hybridized carbons (Fsp3) is 0.250. The van der Waals surface area contributed by atoms with E-state index in [1.807, 2.05) is 0 Å². The van der Waals surface area contributed by atoms with Crippen LogP contribution < -0.4 is 22.1 Å². The van der Waals surface area contributed by atoms with Crippen LogP contribution in [-0.2, 0) is 4.79 Å². The Kier molecular flexibility index (Phi) is 4.12. The number of hydrogen-bond acceptors (Lipinski definition) is 7. The number of benzene rings is 1. The van der Waals surface area contributed by atoms with Gasteiger partial charge in [0.25, 0.3) is 0 Å². The van der Waals surface area contributed by atoms with Gasteiger partial charge >= 0.3 is 0 Å². The zero-order chi connectivity index (χ0) is 20.8. The number of carbonyl (C=O) groups excluding carboxylic acids is 2. The van der Waals surface area contributed by atoms with E-state index in [-0.39, 0.29) is 29.7 Å². The lowest BCUT2D eigenvalue weighted by Crippen LogP contribution is -2.41. The number of nitrogens with two attached hydrogens (primary N) is 2. The smallest absolute Gasteiger partial charge is 0.248 e. The fourth-order valence-corrected chi connectivity index (χ4v) is 4.45. The number of nitrogens with one attached hydrogen (secondary N) is 3. The number of fused-ring (bicyclic) bond motifs is 3. The van der Waals surface area contributed by atoms with Crippen LogP contribution in [0.3, 0.4) is 0 Å². The van der Waals surface area contributed by atoms with Crippen molar-refractivity contribution in [1.29, 1.82) is 0 Å². The number of H-pyrrole nitrogens is 1. The highest BCUT2D eigenvalue weighted by atomic mass is 16.1. The highest BCUT2D eigenvalue weighted by Crippen LogP contribution is 2.45. The number of aromatic nitrogens is 4. The molecule has 0 aromatic heterocycles. The maximum absolute atomic E-state index is 12.0. The molecule has 10 nitrogen and oxygen atoms in total. The van der Waals surface area contributed by atoms with E-state index in [0.29, 0.717) is 34.5 Å². The van der Waals surface area contributed by atoms with Crippen molar-refractivity contribution in [2.24, 2.45) is 29.2 Å². The van der Waals surface area contributed by atoms with E-state index in [4.69, 9.17) is 11.5 Å². The van der Waals surface area contributed by atoms with Crippen molar-refractivity contribution in [3.05, 3.63) is 48.3 Å². The van der Waals surface area contributed by atoms with Crippen LogP contribution in [0.15, 0.2) is 42.7 Å². The van der Waals surface area contributed by atoms with Crippen molar-refractivity contribution >= 4 is 29.3 Å². The number of hydrogen-bond donors (Lipinski definition) is 5. The first-order valence-electron chi connectivity index (χ1n) is 9.61. The maximum atomic E-state index is 12.0. The lowest BCUT2D eigenvalue weighted by atomic mass is 9.88. The van der Waals surface area contributed by atoms with E-state index in [9.17, 15) is 9.59 Å². The molecule has 0 radical (unpaired) electrons. The highest BCUT2D eigenvalue weighted by molar-refractivity contribution is 5.93. The number of aromatic amines is 1. The quantitative estimate of drug-likeness (QED) is 0.385. The van der Waals surface area contributed by atoms with Crippen molar-refractivity contribution in [2.75, 3.05) is 10.6 Å². The van der Waals surface area contributed by atoms with Crippen molar-refractivity contribution in [3.8, 4) is 11.5 Å². The van der Waals surface area contributed by atoms with Gasteiger partial charge in [-0.2, -0.15) is 4.98 Å². The average molecular weight is 404 g/mol. The zero-order valence-corrected chi connectivity index (χ0v) is 15.9. The normalized spacial score (nSPS) is 24.3. The second-order valence-electron chi connectivity index (χ2n) is 7.62. The van der Waals surface area contributed by atoms with Crippen molar-refractivity contribution in [1.82, 2.24) is 19.9 Å². The summed E-state index contributed by atoms with van der Waals surface area (Å²) in [6, 6.07) is 6.65. The number of anilines is 3. The molecule has 10 heteroatoms. The Labute approximate surface area is 171 Å². The number of nitrogens with zero attached hydrogens (tertiary/aromatic N) is 3. The van der Waals surface area contributed by atoms with Gasteiger partial charge in [0.1, 0.15) is 17.8 Å². The van der Waals surface area contributed by atoms with Gasteiger partial charge in [0.2, 0.25) is 17.8 Å². The predicted octanol–water partition coefficient (Wildman–Crippen LogP) is 1.23. The minimum absolute atomic E-state index is 0.137.